The van der Waals surface area contributed by atoms with Gasteiger partial charge in [-0.3, -0.25) is 20.3 Å². The van der Waals surface area contributed by atoms with E-state index >= 15 is 0 Å². The molecule has 4 amide bonds. The summed E-state index contributed by atoms with van der Waals surface area (Å²) >= 11 is 0. The molecular weight excluding hydrogens is 265 g/mol. The first-order valence-corrected chi connectivity index (χ1v) is 6.22. The van der Waals surface area contributed by atoms with Crippen LogP contribution in [-0.2, 0) is 9.59 Å². The molecule has 1 aliphatic carbocycles. The number of imide groups is 1. The molecule has 0 radical (unpaired) electrons. The first-order valence-electron chi connectivity index (χ1n) is 6.22. The normalized spacial score (nSPS) is 24.6. The number of carbonyl (C=O) groups is 3. The number of nitrogens with one attached hydrogen (secondary N) is 2. The van der Waals surface area contributed by atoms with Gasteiger partial charge in [0.1, 0.15) is 12.4 Å². The van der Waals surface area contributed by atoms with Gasteiger partial charge in [-0.25, -0.2) is 14.2 Å². The van der Waals surface area contributed by atoms with Gasteiger partial charge in [-0.1, -0.05) is 18.2 Å². The molecule has 1 saturated carbocycles. The summed E-state index contributed by atoms with van der Waals surface area (Å²) in [7, 11) is 0. The first-order chi connectivity index (χ1) is 9.56. The highest BCUT2D eigenvalue weighted by molar-refractivity contribution is 6.02. The monoisotopic (exact) mass is 277 g/mol. The van der Waals surface area contributed by atoms with E-state index in [-0.39, 0.29) is 30.1 Å². The van der Waals surface area contributed by atoms with Gasteiger partial charge in [0.25, 0.3) is 0 Å². The lowest BCUT2D eigenvalue weighted by molar-refractivity contribution is -0.126. The van der Waals surface area contributed by atoms with Crippen LogP contribution in [0.1, 0.15) is 17.9 Å². The van der Waals surface area contributed by atoms with Crippen LogP contribution in [0.4, 0.5) is 9.18 Å². The number of halogens is 1. The number of rotatable bonds is 3. The highest BCUT2D eigenvalue weighted by Gasteiger charge is 2.46. The summed E-state index contributed by atoms with van der Waals surface area (Å²) < 4.78 is 13.6. The van der Waals surface area contributed by atoms with Gasteiger partial charge in [-0.05, 0) is 24.0 Å². The Balaban J connectivity index is 1.62. The molecule has 20 heavy (non-hydrogen) atoms. The Hall–Kier alpha value is -2.44. The third-order valence-corrected chi connectivity index (χ3v) is 3.47. The fourth-order valence-electron chi connectivity index (χ4n) is 2.35. The van der Waals surface area contributed by atoms with Gasteiger partial charge in [0, 0.05) is 5.92 Å². The molecule has 1 aliphatic heterocycles. The number of benzene rings is 1. The summed E-state index contributed by atoms with van der Waals surface area (Å²) in [6.45, 7) is -0.193. The van der Waals surface area contributed by atoms with Crippen molar-refractivity contribution in [2.75, 3.05) is 6.54 Å². The third kappa shape index (κ3) is 2.22. The average molecular weight is 277 g/mol. The molecule has 1 aromatic rings. The second-order valence-electron chi connectivity index (χ2n) is 4.89. The van der Waals surface area contributed by atoms with Crippen LogP contribution < -0.4 is 10.7 Å². The molecule has 1 saturated heterocycles. The fourth-order valence-corrected chi connectivity index (χ4v) is 2.35. The van der Waals surface area contributed by atoms with Gasteiger partial charge in [-0.15, -0.1) is 0 Å². The summed E-state index contributed by atoms with van der Waals surface area (Å²) in [5.74, 6) is -1.70. The highest BCUT2D eigenvalue weighted by atomic mass is 19.1. The van der Waals surface area contributed by atoms with Crippen LogP contribution in [0.15, 0.2) is 24.3 Å². The minimum atomic E-state index is -0.647. The van der Waals surface area contributed by atoms with E-state index in [0.29, 0.717) is 12.0 Å². The van der Waals surface area contributed by atoms with Crippen molar-refractivity contribution in [1.29, 1.82) is 0 Å². The Bertz CT molecular complexity index is 604. The molecule has 2 aliphatic rings. The number of hydrazine groups is 1. The largest absolute Gasteiger partial charge is 0.343 e. The van der Waals surface area contributed by atoms with Gasteiger partial charge < -0.3 is 0 Å². The minimum Gasteiger partial charge on any atom is -0.275 e. The average Bonchev–Trinajstić information content (AvgIpc) is 3.12. The number of amides is 4. The van der Waals surface area contributed by atoms with Gasteiger partial charge in [0.15, 0.2) is 0 Å². The Morgan fingerprint density at radius 3 is 2.75 bits per heavy atom. The standard InChI is InChI=1S/C13H12FN3O3/c14-10-4-2-1-3-7(10)8-5-9(8)12(19)16-17-6-11(18)15-13(17)20/h1-4,8-9H,5-6H2,(H,16,19)(H,15,18,20). The molecule has 1 heterocycles. The van der Waals surface area contributed by atoms with Gasteiger partial charge >= 0.3 is 6.03 Å². The molecule has 1 aromatic carbocycles. The molecule has 2 N–H and O–H groups in total. The van der Waals surface area contributed by atoms with E-state index in [1.165, 1.54) is 6.07 Å². The predicted octanol–water partition coefficient (Wildman–Crippen LogP) is 0.512. The fraction of sp³-hybridized carbons (Fsp3) is 0.308. The Kier molecular flexibility index (Phi) is 2.89. The summed E-state index contributed by atoms with van der Waals surface area (Å²) in [6.07, 6.45) is 0.538. The number of carbonyl (C=O) groups excluding carboxylic acids is 3. The molecule has 0 aromatic heterocycles. The molecule has 104 valence electrons. The Morgan fingerprint density at radius 2 is 2.10 bits per heavy atom. The van der Waals surface area contributed by atoms with Gasteiger partial charge in [0.05, 0.1) is 0 Å². The topological polar surface area (TPSA) is 78.5 Å². The van der Waals surface area contributed by atoms with Gasteiger partial charge in [0.2, 0.25) is 11.8 Å². The zero-order valence-electron chi connectivity index (χ0n) is 10.4. The molecule has 6 nitrogen and oxygen atoms in total. The maximum atomic E-state index is 13.6. The molecule has 7 heteroatoms. The van der Waals surface area contributed by atoms with E-state index in [1.807, 2.05) is 0 Å². The van der Waals surface area contributed by atoms with Crippen LogP contribution in [0.3, 0.4) is 0 Å². The third-order valence-electron chi connectivity index (χ3n) is 3.47. The lowest BCUT2D eigenvalue weighted by atomic mass is 10.1. The second kappa shape index (κ2) is 4.59. The van der Waals surface area contributed by atoms with Crippen molar-refractivity contribution in [2.24, 2.45) is 5.92 Å². The maximum absolute atomic E-state index is 13.6. The van der Waals surface area contributed by atoms with E-state index in [1.54, 1.807) is 18.2 Å². The molecule has 0 bridgehead atoms. The summed E-state index contributed by atoms with van der Waals surface area (Å²) in [5.41, 5.74) is 2.89. The van der Waals surface area contributed by atoms with E-state index in [4.69, 9.17) is 0 Å². The molecule has 2 unspecified atom stereocenters. The van der Waals surface area contributed by atoms with Crippen molar-refractivity contribution in [3.63, 3.8) is 0 Å². The van der Waals surface area contributed by atoms with Crippen LogP contribution in [0, 0.1) is 11.7 Å². The molecule has 0 spiro atoms. The summed E-state index contributed by atoms with van der Waals surface area (Å²) in [6, 6.07) is 5.68. The quantitative estimate of drug-likeness (QED) is 0.790. The van der Waals surface area contributed by atoms with Crippen molar-refractivity contribution in [3.05, 3.63) is 35.6 Å². The molecule has 2 fully saturated rings. The van der Waals surface area contributed by atoms with Crippen LogP contribution in [0.5, 0.6) is 0 Å². The maximum Gasteiger partial charge on any atom is 0.343 e. The zero-order valence-corrected chi connectivity index (χ0v) is 10.4. The predicted molar refractivity (Wildman–Crippen MR) is 65.6 cm³/mol. The lowest BCUT2D eigenvalue weighted by Gasteiger charge is -2.14. The van der Waals surface area contributed by atoms with Crippen LogP contribution in [0.2, 0.25) is 0 Å². The number of hydrogen-bond donors (Lipinski definition) is 2. The second-order valence-corrected chi connectivity index (χ2v) is 4.89. The molecule has 3 rings (SSSR count). The van der Waals surface area contributed by atoms with Crippen molar-refractivity contribution in [2.45, 2.75) is 12.3 Å². The molecule has 2 atom stereocenters. The highest BCUT2D eigenvalue weighted by Crippen LogP contribution is 2.48. The van der Waals surface area contributed by atoms with Gasteiger partial charge in [-0.2, -0.15) is 0 Å². The number of hydrogen-bond acceptors (Lipinski definition) is 3. The van der Waals surface area contributed by atoms with Crippen molar-refractivity contribution in [3.8, 4) is 0 Å². The lowest BCUT2D eigenvalue weighted by Crippen LogP contribution is -2.45. The Labute approximate surface area is 113 Å². The SMILES string of the molecule is O=C1CN(NC(=O)C2CC2c2ccccc2F)C(=O)N1. The smallest absolute Gasteiger partial charge is 0.275 e. The van der Waals surface area contributed by atoms with E-state index < -0.39 is 11.9 Å². The van der Waals surface area contributed by atoms with E-state index in [0.717, 1.165) is 5.01 Å². The van der Waals surface area contributed by atoms with Crippen molar-refractivity contribution < 1.29 is 18.8 Å². The van der Waals surface area contributed by atoms with Crippen molar-refractivity contribution >= 4 is 17.8 Å². The molecular formula is C13H12FN3O3. The zero-order chi connectivity index (χ0) is 14.3. The number of urea groups is 1. The van der Waals surface area contributed by atoms with E-state index in [2.05, 4.69) is 10.7 Å². The minimum absolute atomic E-state index is 0.169. The summed E-state index contributed by atoms with van der Waals surface area (Å²) in [4.78, 5) is 34.2. The van der Waals surface area contributed by atoms with Crippen LogP contribution >= 0.6 is 0 Å². The Morgan fingerprint density at radius 1 is 1.35 bits per heavy atom. The first kappa shape index (κ1) is 12.6. The van der Waals surface area contributed by atoms with Crippen LogP contribution in [0.25, 0.3) is 0 Å². The summed E-state index contributed by atoms with van der Waals surface area (Å²) in [5, 5.41) is 2.99. The van der Waals surface area contributed by atoms with Crippen molar-refractivity contribution in [1.82, 2.24) is 15.8 Å². The van der Waals surface area contributed by atoms with E-state index in [9.17, 15) is 18.8 Å². The number of nitrogens with zero attached hydrogens (tertiary/aromatic N) is 1. The van der Waals surface area contributed by atoms with Crippen LogP contribution in [-0.4, -0.2) is 29.4 Å².